The molecule has 0 aliphatic carbocycles. The van der Waals surface area contributed by atoms with Crippen LogP contribution in [-0.2, 0) is 14.8 Å². The lowest BCUT2D eigenvalue weighted by molar-refractivity contribution is -0.119. The van der Waals surface area contributed by atoms with Crippen molar-refractivity contribution in [1.82, 2.24) is 5.43 Å². The molecule has 0 fully saturated rings. The van der Waals surface area contributed by atoms with Gasteiger partial charge in [-0.05, 0) is 48.9 Å². The average Bonchev–Trinajstić information content (AvgIpc) is 2.84. The molecule has 0 aromatic heterocycles. The Kier molecular flexibility index (Phi) is 8.14. The van der Waals surface area contributed by atoms with Gasteiger partial charge in [-0.25, -0.2) is 13.8 Å². The highest BCUT2D eigenvalue weighted by Crippen LogP contribution is 2.30. The number of sulfonamides is 1. The van der Waals surface area contributed by atoms with Crippen molar-refractivity contribution in [3.8, 4) is 11.5 Å². The highest BCUT2D eigenvalue weighted by atomic mass is 35.5. The van der Waals surface area contributed by atoms with E-state index in [1.807, 2.05) is 0 Å². The first-order chi connectivity index (χ1) is 16.3. The summed E-state index contributed by atoms with van der Waals surface area (Å²) in [6.45, 7) is 1.23. The predicted octanol–water partition coefficient (Wildman–Crippen LogP) is 4.01. The van der Waals surface area contributed by atoms with E-state index in [0.29, 0.717) is 33.3 Å². The van der Waals surface area contributed by atoms with Crippen molar-refractivity contribution < 1.29 is 22.7 Å². The van der Waals surface area contributed by atoms with E-state index in [1.165, 1.54) is 38.6 Å². The number of hydrogen-bond donors (Lipinski definition) is 1. The lowest BCUT2D eigenvalue weighted by Crippen LogP contribution is -2.40. The van der Waals surface area contributed by atoms with Gasteiger partial charge in [-0.1, -0.05) is 41.9 Å². The topological polar surface area (TPSA) is 97.3 Å². The normalized spacial score (nSPS) is 11.3. The molecule has 0 saturated heterocycles. The van der Waals surface area contributed by atoms with E-state index >= 15 is 0 Å². The van der Waals surface area contributed by atoms with Crippen LogP contribution in [-0.4, -0.2) is 41.3 Å². The molecule has 8 nitrogen and oxygen atoms in total. The number of ether oxygens (including phenoxy) is 2. The maximum atomic E-state index is 13.4. The first-order valence-corrected chi connectivity index (χ1v) is 12.0. The molecule has 0 atom stereocenters. The largest absolute Gasteiger partial charge is 0.493 e. The average molecular weight is 502 g/mol. The zero-order valence-corrected chi connectivity index (χ0v) is 20.4. The van der Waals surface area contributed by atoms with Crippen LogP contribution in [0.5, 0.6) is 11.5 Å². The van der Waals surface area contributed by atoms with Gasteiger partial charge in [0.1, 0.15) is 6.54 Å². The minimum atomic E-state index is -4.06. The van der Waals surface area contributed by atoms with E-state index in [9.17, 15) is 13.2 Å². The molecule has 178 valence electrons. The molecule has 10 heteroatoms. The monoisotopic (exact) mass is 501 g/mol. The molecule has 1 amide bonds. The van der Waals surface area contributed by atoms with Crippen molar-refractivity contribution in [1.29, 1.82) is 0 Å². The van der Waals surface area contributed by atoms with Crippen LogP contribution in [0.2, 0.25) is 5.02 Å². The van der Waals surface area contributed by atoms with Crippen LogP contribution in [0.1, 0.15) is 11.1 Å². The highest BCUT2D eigenvalue weighted by Gasteiger charge is 2.28. The number of aryl methyl sites for hydroxylation is 1. The van der Waals surface area contributed by atoms with Crippen LogP contribution >= 0.6 is 11.6 Å². The summed E-state index contributed by atoms with van der Waals surface area (Å²) in [4.78, 5) is 12.8. The fourth-order valence-electron chi connectivity index (χ4n) is 3.22. The van der Waals surface area contributed by atoms with Gasteiger partial charge in [0.2, 0.25) is 0 Å². The summed E-state index contributed by atoms with van der Waals surface area (Å²) >= 11 is 6.13. The molecule has 3 aromatic carbocycles. The minimum absolute atomic E-state index is 0.0480. The standard InChI is InChI=1S/C24H24ClN3O5S/c1-17-12-13-19(25)14-21(17)28(34(30,31)20-9-5-4-6-10-20)16-23(29)27-26-15-18-8-7-11-22(32-2)24(18)33-3/h4-15H,16H2,1-3H3,(H,27,29)/b26-15-. The molecular weight excluding hydrogens is 478 g/mol. The molecule has 0 bridgehead atoms. The van der Waals surface area contributed by atoms with Gasteiger partial charge in [-0.15, -0.1) is 0 Å². The predicted molar refractivity (Wildman–Crippen MR) is 132 cm³/mol. The molecule has 0 unspecified atom stereocenters. The van der Waals surface area contributed by atoms with Gasteiger partial charge < -0.3 is 9.47 Å². The Labute approximate surface area is 203 Å². The summed E-state index contributed by atoms with van der Waals surface area (Å²) in [6.07, 6.45) is 1.39. The second-order valence-electron chi connectivity index (χ2n) is 7.13. The first-order valence-electron chi connectivity index (χ1n) is 10.1. The van der Waals surface area contributed by atoms with E-state index in [4.69, 9.17) is 21.1 Å². The van der Waals surface area contributed by atoms with Crippen LogP contribution in [0, 0.1) is 6.92 Å². The number of rotatable bonds is 9. The fraction of sp³-hybridized carbons (Fsp3) is 0.167. The quantitative estimate of drug-likeness (QED) is 0.353. The van der Waals surface area contributed by atoms with Crippen molar-refractivity contribution >= 4 is 39.4 Å². The number of carbonyl (C=O) groups is 1. The Hall–Kier alpha value is -3.56. The van der Waals surface area contributed by atoms with E-state index in [1.54, 1.807) is 55.5 Å². The number of para-hydroxylation sites is 1. The van der Waals surface area contributed by atoms with Gasteiger partial charge in [-0.3, -0.25) is 9.10 Å². The van der Waals surface area contributed by atoms with Crippen molar-refractivity contribution in [3.05, 3.63) is 82.9 Å². The number of carbonyl (C=O) groups excluding carboxylic acids is 1. The lowest BCUT2D eigenvalue weighted by Gasteiger charge is -2.25. The Bertz CT molecular complexity index is 1300. The molecular formula is C24H24ClN3O5S. The second kappa shape index (κ2) is 11.0. The molecule has 0 aliphatic rings. The fourth-order valence-corrected chi connectivity index (χ4v) is 4.89. The van der Waals surface area contributed by atoms with Crippen LogP contribution in [0.15, 0.2) is 76.7 Å². The van der Waals surface area contributed by atoms with Gasteiger partial charge in [0.15, 0.2) is 11.5 Å². The number of hydrogen-bond acceptors (Lipinski definition) is 6. The number of halogens is 1. The van der Waals surface area contributed by atoms with E-state index < -0.39 is 22.5 Å². The summed E-state index contributed by atoms with van der Waals surface area (Å²) in [6, 6.07) is 17.9. The Balaban J connectivity index is 1.88. The van der Waals surface area contributed by atoms with Gasteiger partial charge in [0.05, 0.1) is 31.0 Å². The molecule has 1 N–H and O–H groups in total. The Morgan fingerprint density at radius 3 is 2.47 bits per heavy atom. The van der Waals surface area contributed by atoms with Gasteiger partial charge >= 0.3 is 0 Å². The molecule has 3 rings (SSSR count). The summed E-state index contributed by atoms with van der Waals surface area (Å²) in [7, 11) is -1.05. The highest BCUT2D eigenvalue weighted by molar-refractivity contribution is 7.92. The zero-order chi connectivity index (χ0) is 24.7. The Morgan fingerprint density at radius 1 is 1.06 bits per heavy atom. The van der Waals surface area contributed by atoms with E-state index in [0.717, 1.165) is 4.31 Å². The van der Waals surface area contributed by atoms with Crippen molar-refractivity contribution in [2.75, 3.05) is 25.1 Å². The third-order valence-corrected chi connectivity index (χ3v) is 6.89. The van der Waals surface area contributed by atoms with Crippen molar-refractivity contribution in [2.45, 2.75) is 11.8 Å². The molecule has 0 aliphatic heterocycles. The van der Waals surface area contributed by atoms with E-state index in [2.05, 4.69) is 10.5 Å². The number of methoxy groups -OCH3 is 2. The molecule has 0 saturated carbocycles. The maximum Gasteiger partial charge on any atom is 0.264 e. The van der Waals surface area contributed by atoms with E-state index in [-0.39, 0.29) is 4.90 Å². The Morgan fingerprint density at radius 2 is 1.79 bits per heavy atom. The molecule has 0 spiro atoms. The van der Waals surface area contributed by atoms with Crippen LogP contribution in [0.3, 0.4) is 0 Å². The minimum Gasteiger partial charge on any atom is -0.493 e. The summed E-state index contributed by atoms with van der Waals surface area (Å²) in [5.74, 6) is 0.317. The molecule has 0 heterocycles. The van der Waals surface area contributed by atoms with Crippen molar-refractivity contribution in [3.63, 3.8) is 0 Å². The summed E-state index contributed by atoms with van der Waals surface area (Å²) in [5, 5.41) is 4.30. The SMILES string of the molecule is COc1cccc(/C=N\NC(=O)CN(c2cc(Cl)ccc2C)S(=O)(=O)c2ccccc2)c1OC. The van der Waals surface area contributed by atoms with Gasteiger partial charge in [-0.2, -0.15) is 5.10 Å². The van der Waals surface area contributed by atoms with Crippen molar-refractivity contribution in [2.24, 2.45) is 5.10 Å². The number of hydrazone groups is 1. The maximum absolute atomic E-state index is 13.4. The first kappa shape index (κ1) is 25.1. The van der Waals surface area contributed by atoms with Gasteiger partial charge in [0.25, 0.3) is 15.9 Å². The molecule has 34 heavy (non-hydrogen) atoms. The van der Waals surface area contributed by atoms with Crippen LogP contribution < -0.4 is 19.2 Å². The smallest absolute Gasteiger partial charge is 0.264 e. The zero-order valence-electron chi connectivity index (χ0n) is 18.9. The molecule has 0 radical (unpaired) electrons. The third kappa shape index (κ3) is 5.67. The third-order valence-electron chi connectivity index (χ3n) is 4.88. The second-order valence-corrected chi connectivity index (χ2v) is 9.43. The number of benzene rings is 3. The summed E-state index contributed by atoms with van der Waals surface area (Å²) < 4.78 is 38.4. The number of nitrogens with one attached hydrogen (secondary N) is 1. The van der Waals surface area contributed by atoms with Crippen LogP contribution in [0.4, 0.5) is 5.69 Å². The van der Waals surface area contributed by atoms with Crippen LogP contribution in [0.25, 0.3) is 0 Å². The number of amides is 1. The number of anilines is 1. The lowest BCUT2D eigenvalue weighted by atomic mass is 10.2. The molecule has 3 aromatic rings. The van der Waals surface area contributed by atoms with Gasteiger partial charge in [0, 0.05) is 10.6 Å². The number of nitrogens with zero attached hydrogens (tertiary/aromatic N) is 2. The summed E-state index contributed by atoms with van der Waals surface area (Å²) in [5.41, 5.74) is 3.88.